The summed E-state index contributed by atoms with van der Waals surface area (Å²) in [4.78, 5) is 25.8. The lowest BCUT2D eigenvalue weighted by Gasteiger charge is -2.18. The van der Waals surface area contributed by atoms with Gasteiger partial charge in [0.2, 0.25) is 5.78 Å². The third kappa shape index (κ3) is 5.20. The summed E-state index contributed by atoms with van der Waals surface area (Å²) in [6.07, 6.45) is -0.831. The number of esters is 1. The number of rotatable bonds is 6. The van der Waals surface area contributed by atoms with E-state index >= 15 is 0 Å². The van der Waals surface area contributed by atoms with Crippen molar-refractivity contribution in [3.63, 3.8) is 0 Å². The van der Waals surface area contributed by atoms with Gasteiger partial charge in [0, 0.05) is 11.1 Å². The molecule has 0 aliphatic carbocycles. The molecule has 3 nitrogen and oxygen atoms in total. The highest BCUT2D eigenvalue weighted by Crippen LogP contribution is 2.24. The summed E-state index contributed by atoms with van der Waals surface area (Å²) in [7, 11) is 0. The van der Waals surface area contributed by atoms with Gasteiger partial charge < -0.3 is 4.74 Å². The highest BCUT2D eigenvalue weighted by atomic mass is 16.5. The molecule has 3 aromatic rings. The summed E-state index contributed by atoms with van der Waals surface area (Å²) in [5, 5.41) is 0. The number of Topliss-reactive ketones (excluding diaryl/α,β-unsaturated/α-hetero) is 1. The maximum absolute atomic E-state index is 13.2. The number of benzene rings is 3. The topological polar surface area (TPSA) is 43.4 Å². The molecule has 0 radical (unpaired) electrons. The molecule has 1 atom stereocenters. The number of ether oxygens (including phenoxy) is 1. The lowest BCUT2D eigenvalue weighted by molar-refractivity contribution is -0.146. The molecule has 0 spiro atoms. The quantitative estimate of drug-likeness (QED) is 0.407. The summed E-state index contributed by atoms with van der Waals surface area (Å²) in [6.45, 7) is 7.99. The van der Waals surface area contributed by atoms with Crippen LogP contribution < -0.4 is 0 Å². The fraction of sp³-hybridized carbons (Fsp3) is 0.231. The fourth-order valence-electron chi connectivity index (χ4n) is 3.14. The molecule has 0 amide bonds. The second kappa shape index (κ2) is 8.87. The molecule has 0 saturated carbocycles. The van der Waals surface area contributed by atoms with Gasteiger partial charge in [0.05, 0.1) is 6.42 Å². The van der Waals surface area contributed by atoms with Crippen molar-refractivity contribution in [2.75, 3.05) is 0 Å². The predicted octanol–water partition coefficient (Wildman–Crippen LogP) is 5.63. The summed E-state index contributed by atoms with van der Waals surface area (Å²) in [5.74, 6) is -0.637. The van der Waals surface area contributed by atoms with E-state index < -0.39 is 12.1 Å². The van der Waals surface area contributed by atoms with Gasteiger partial charge in [-0.15, -0.1) is 0 Å². The lowest BCUT2D eigenvalue weighted by Crippen LogP contribution is -2.21. The van der Waals surface area contributed by atoms with Crippen LogP contribution in [0.2, 0.25) is 0 Å². The molecule has 148 valence electrons. The van der Waals surface area contributed by atoms with Crippen molar-refractivity contribution < 1.29 is 14.3 Å². The summed E-state index contributed by atoms with van der Waals surface area (Å²) in [5.41, 5.74) is 6.53. The smallest absolute Gasteiger partial charge is 0.311 e. The van der Waals surface area contributed by atoms with Crippen LogP contribution in [0.15, 0.2) is 66.7 Å². The van der Waals surface area contributed by atoms with Gasteiger partial charge in [0.25, 0.3) is 0 Å². The largest absolute Gasteiger partial charge is 0.449 e. The highest BCUT2D eigenvalue weighted by Gasteiger charge is 2.26. The monoisotopic (exact) mass is 386 g/mol. The first-order valence-corrected chi connectivity index (χ1v) is 9.76. The Hall–Kier alpha value is -3.20. The molecule has 0 unspecified atom stereocenters. The fourth-order valence-corrected chi connectivity index (χ4v) is 3.14. The molecule has 3 aromatic carbocycles. The number of carbonyl (C=O) groups excluding carboxylic acids is 2. The van der Waals surface area contributed by atoms with E-state index in [1.165, 1.54) is 5.56 Å². The van der Waals surface area contributed by atoms with E-state index in [1.54, 1.807) is 12.1 Å². The van der Waals surface area contributed by atoms with Crippen LogP contribution in [-0.4, -0.2) is 11.8 Å². The Morgan fingerprint density at radius 2 is 1.34 bits per heavy atom. The van der Waals surface area contributed by atoms with Gasteiger partial charge in [-0.1, -0.05) is 77.9 Å². The first-order valence-electron chi connectivity index (χ1n) is 9.76. The predicted molar refractivity (Wildman–Crippen MR) is 115 cm³/mol. The number of aryl methyl sites for hydroxylation is 4. The van der Waals surface area contributed by atoms with Crippen LogP contribution in [0.25, 0.3) is 0 Å². The molecule has 0 aliphatic rings. The van der Waals surface area contributed by atoms with Crippen molar-refractivity contribution in [3.8, 4) is 0 Å². The first kappa shape index (κ1) is 20.5. The maximum atomic E-state index is 13.2. The molecule has 29 heavy (non-hydrogen) atoms. The van der Waals surface area contributed by atoms with E-state index in [0.717, 1.165) is 22.3 Å². The minimum absolute atomic E-state index is 0.130. The third-order valence-electron chi connectivity index (χ3n) is 5.12. The van der Waals surface area contributed by atoms with Gasteiger partial charge in [-0.05, 0) is 44.4 Å². The Morgan fingerprint density at radius 3 is 1.93 bits per heavy atom. The van der Waals surface area contributed by atoms with E-state index in [-0.39, 0.29) is 12.2 Å². The molecule has 0 fully saturated rings. The molecule has 0 saturated heterocycles. The number of hydrogen-bond donors (Lipinski definition) is 0. The van der Waals surface area contributed by atoms with Crippen molar-refractivity contribution in [2.24, 2.45) is 0 Å². The molecular formula is C26H26O3. The summed E-state index contributed by atoms with van der Waals surface area (Å²) >= 11 is 0. The molecule has 3 heteroatoms. The van der Waals surface area contributed by atoms with Crippen molar-refractivity contribution in [1.82, 2.24) is 0 Å². The second-order valence-electron chi connectivity index (χ2n) is 7.61. The van der Waals surface area contributed by atoms with Crippen LogP contribution in [0.4, 0.5) is 0 Å². The molecule has 0 bridgehead atoms. The van der Waals surface area contributed by atoms with Crippen molar-refractivity contribution >= 4 is 11.8 Å². The zero-order chi connectivity index (χ0) is 21.0. The van der Waals surface area contributed by atoms with Gasteiger partial charge in [0.15, 0.2) is 6.10 Å². The van der Waals surface area contributed by atoms with E-state index in [9.17, 15) is 9.59 Å². The minimum Gasteiger partial charge on any atom is -0.449 e. The molecular weight excluding hydrogens is 360 g/mol. The Balaban J connectivity index is 1.85. The van der Waals surface area contributed by atoms with E-state index in [4.69, 9.17) is 4.74 Å². The van der Waals surface area contributed by atoms with E-state index in [2.05, 4.69) is 0 Å². The Bertz CT molecular complexity index is 1010. The molecule has 0 aliphatic heterocycles. The zero-order valence-corrected chi connectivity index (χ0v) is 17.4. The van der Waals surface area contributed by atoms with Gasteiger partial charge in [-0.2, -0.15) is 0 Å². The van der Waals surface area contributed by atoms with Crippen LogP contribution in [0.3, 0.4) is 0 Å². The molecule has 0 heterocycles. The summed E-state index contributed by atoms with van der Waals surface area (Å²) in [6, 6.07) is 20.7. The number of carbonyl (C=O) groups is 2. The Morgan fingerprint density at radius 1 is 0.759 bits per heavy atom. The van der Waals surface area contributed by atoms with Crippen LogP contribution in [0.5, 0.6) is 0 Å². The van der Waals surface area contributed by atoms with Gasteiger partial charge in [0.1, 0.15) is 0 Å². The Labute approximate surface area is 172 Å². The van der Waals surface area contributed by atoms with Crippen molar-refractivity contribution in [2.45, 2.75) is 40.2 Å². The highest BCUT2D eigenvalue weighted by molar-refractivity contribution is 6.01. The van der Waals surface area contributed by atoms with Crippen LogP contribution in [0, 0.1) is 27.7 Å². The SMILES string of the molecule is Cc1ccc(C(=O)[C@@H](OC(=O)Cc2ccc(C)c(C)c2)c2ccc(C)cc2)cc1. The van der Waals surface area contributed by atoms with Crippen LogP contribution in [-0.2, 0) is 16.0 Å². The van der Waals surface area contributed by atoms with Crippen LogP contribution >= 0.6 is 0 Å². The standard InChI is InChI=1S/C26H26O3/c1-17-5-11-22(12-6-17)25(28)26(23-13-7-18(2)8-14-23)29-24(27)16-21-10-9-19(3)20(4)15-21/h5-15,26H,16H2,1-4H3/t26-/m0/s1. The lowest BCUT2D eigenvalue weighted by atomic mass is 9.98. The average molecular weight is 386 g/mol. The number of hydrogen-bond acceptors (Lipinski definition) is 3. The van der Waals surface area contributed by atoms with Gasteiger partial charge in [-0.25, -0.2) is 0 Å². The number of ketones is 1. The zero-order valence-electron chi connectivity index (χ0n) is 17.4. The van der Waals surface area contributed by atoms with E-state index in [0.29, 0.717) is 11.1 Å². The van der Waals surface area contributed by atoms with Crippen molar-refractivity contribution in [3.05, 3.63) is 106 Å². The average Bonchev–Trinajstić information content (AvgIpc) is 2.70. The molecule has 0 N–H and O–H groups in total. The van der Waals surface area contributed by atoms with Crippen LogP contribution in [0.1, 0.15) is 49.8 Å². The normalized spacial score (nSPS) is 11.7. The minimum atomic E-state index is -0.961. The molecule has 3 rings (SSSR count). The second-order valence-corrected chi connectivity index (χ2v) is 7.61. The first-order chi connectivity index (χ1) is 13.8. The maximum Gasteiger partial charge on any atom is 0.311 e. The van der Waals surface area contributed by atoms with Gasteiger partial charge >= 0.3 is 5.97 Å². The Kier molecular flexibility index (Phi) is 6.28. The summed E-state index contributed by atoms with van der Waals surface area (Å²) < 4.78 is 5.71. The van der Waals surface area contributed by atoms with E-state index in [1.807, 2.05) is 82.3 Å². The third-order valence-corrected chi connectivity index (χ3v) is 5.12. The van der Waals surface area contributed by atoms with Crippen molar-refractivity contribution in [1.29, 1.82) is 0 Å². The molecule has 0 aromatic heterocycles. The van der Waals surface area contributed by atoms with Gasteiger partial charge in [-0.3, -0.25) is 9.59 Å².